The molecular formula is C29H36N2O3. The molecule has 1 aliphatic carbocycles. The van der Waals surface area contributed by atoms with Crippen LogP contribution in [0.15, 0.2) is 48.5 Å². The molecule has 3 aromatic rings. The molecule has 5 heteroatoms. The van der Waals surface area contributed by atoms with E-state index in [9.17, 15) is 14.7 Å². The highest BCUT2D eigenvalue weighted by Crippen LogP contribution is 2.33. The first kappa shape index (κ1) is 24.2. The summed E-state index contributed by atoms with van der Waals surface area (Å²) in [6.45, 7) is 4.45. The molecule has 0 radical (unpaired) electrons. The summed E-state index contributed by atoms with van der Waals surface area (Å²) in [6.07, 6.45) is 8.39. The zero-order valence-corrected chi connectivity index (χ0v) is 20.4. The first-order valence-corrected chi connectivity index (χ1v) is 12.8. The second-order valence-electron chi connectivity index (χ2n) is 9.76. The number of aromatic nitrogens is 2. The average molecular weight is 461 g/mol. The highest BCUT2D eigenvalue weighted by atomic mass is 16.4. The van der Waals surface area contributed by atoms with Crippen LogP contribution in [0.2, 0.25) is 0 Å². The minimum atomic E-state index is -0.891. The Hall–Kier alpha value is -2.95. The van der Waals surface area contributed by atoms with Crippen molar-refractivity contribution in [2.45, 2.75) is 83.6 Å². The Balaban J connectivity index is 1.64. The summed E-state index contributed by atoms with van der Waals surface area (Å²) >= 11 is 0. The Morgan fingerprint density at radius 1 is 1.03 bits per heavy atom. The van der Waals surface area contributed by atoms with E-state index in [2.05, 4.69) is 18.4 Å². The lowest BCUT2D eigenvalue weighted by atomic mass is 9.89. The molecule has 180 valence electrons. The number of hydrogen-bond donors (Lipinski definition) is 1. The monoisotopic (exact) mass is 460 g/mol. The highest BCUT2D eigenvalue weighted by Gasteiger charge is 2.24. The number of aliphatic carboxylic acids is 1. The third kappa shape index (κ3) is 5.40. The third-order valence-corrected chi connectivity index (χ3v) is 7.46. The van der Waals surface area contributed by atoms with E-state index in [1.54, 1.807) is 0 Å². The van der Waals surface area contributed by atoms with Crippen LogP contribution in [0.5, 0.6) is 0 Å². The number of carboxylic acid groups (broad SMARTS) is 1. The number of rotatable bonds is 11. The van der Waals surface area contributed by atoms with E-state index < -0.39 is 5.97 Å². The molecule has 0 bridgehead atoms. The van der Waals surface area contributed by atoms with Crippen LogP contribution >= 0.6 is 0 Å². The van der Waals surface area contributed by atoms with Gasteiger partial charge in [0.05, 0.1) is 17.5 Å². The molecule has 1 aliphatic rings. The SMILES string of the molecule is CCC(CC)n1c(CC2CCCC2)nc2cc(C(=O)CC(CC(=O)O)c3ccccc3)ccc21. The first-order valence-electron chi connectivity index (χ1n) is 12.8. The van der Waals surface area contributed by atoms with Crippen molar-refractivity contribution >= 4 is 22.8 Å². The highest BCUT2D eigenvalue weighted by molar-refractivity contribution is 5.99. The molecule has 0 aliphatic heterocycles. The van der Waals surface area contributed by atoms with Crippen molar-refractivity contribution in [1.82, 2.24) is 9.55 Å². The quantitative estimate of drug-likeness (QED) is 0.314. The normalized spacial score (nSPS) is 15.3. The average Bonchev–Trinajstić information content (AvgIpc) is 3.47. The zero-order chi connectivity index (χ0) is 24.1. The predicted octanol–water partition coefficient (Wildman–Crippen LogP) is 6.96. The number of nitrogens with zero attached hydrogens (tertiary/aromatic N) is 2. The van der Waals surface area contributed by atoms with Crippen LogP contribution in [0.3, 0.4) is 0 Å². The Morgan fingerprint density at radius 2 is 1.74 bits per heavy atom. The van der Waals surface area contributed by atoms with E-state index >= 15 is 0 Å². The van der Waals surface area contributed by atoms with Gasteiger partial charge in [0.1, 0.15) is 5.82 Å². The number of carbonyl (C=O) groups is 2. The van der Waals surface area contributed by atoms with Crippen molar-refractivity contribution in [2.24, 2.45) is 5.92 Å². The number of hydrogen-bond acceptors (Lipinski definition) is 3. The van der Waals surface area contributed by atoms with Crippen molar-refractivity contribution in [3.8, 4) is 0 Å². The molecule has 0 amide bonds. The standard InChI is InChI=1S/C29H36N2O3/c1-3-24(4-2)31-26-15-14-22(17-25(26)30-28(31)16-20-10-8-9-11-20)27(32)18-23(19-29(33)34)21-12-6-5-7-13-21/h5-7,12-15,17,20,23-24H,3-4,8-11,16,18-19H2,1-2H3,(H,33,34). The van der Waals surface area contributed by atoms with Gasteiger partial charge < -0.3 is 9.67 Å². The molecule has 34 heavy (non-hydrogen) atoms. The third-order valence-electron chi connectivity index (χ3n) is 7.46. The summed E-state index contributed by atoms with van der Waals surface area (Å²) in [5, 5.41) is 9.39. The molecule has 4 rings (SSSR count). The Morgan fingerprint density at radius 3 is 2.38 bits per heavy atom. The van der Waals surface area contributed by atoms with Gasteiger partial charge in [-0.05, 0) is 42.5 Å². The van der Waals surface area contributed by atoms with Gasteiger partial charge in [-0.2, -0.15) is 0 Å². The van der Waals surface area contributed by atoms with E-state index in [0.717, 1.165) is 41.7 Å². The van der Waals surface area contributed by atoms with Crippen LogP contribution < -0.4 is 0 Å². The van der Waals surface area contributed by atoms with E-state index in [0.29, 0.717) is 17.5 Å². The summed E-state index contributed by atoms with van der Waals surface area (Å²) in [5.41, 5.74) is 3.47. The summed E-state index contributed by atoms with van der Waals surface area (Å²) < 4.78 is 2.42. The van der Waals surface area contributed by atoms with Gasteiger partial charge in [0, 0.05) is 30.4 Å². The number of fused-ring (bicyclic) bond motifs is 1. The van der Waals surface area contributed by atoms with Crippen LogP contribution in [0.4, 0.5) is 0 Å². The predicted molar refractivity (Wildman–Crippen MR) is 135 cm³/mol. The minimum absolute atomic E-state index is 0.0357. The Kier molecular flexibility index (Phi) is 7.81. The van der Waals surface area contributed by atoms with Gasteiger partial charge in [0.25, 0.3) is 0 Å². The van der Waals surface area contributed by atoms with Crippen LogP contribution in [-0.4, -0.2) is 26.4 Å². The summed E-state index contributed by atoms with van der Waals surface area (Å²) in [5.74, 6) is 0.577. The summed E-state index contributed by atoms with van der Waals surface area (Å²) in [4.78, 5) is 29.7. The topological polar surface area (TPSA) is 72.2 Å². The fourth-order valence-corrected chi connectivity index (χ4v) is 5.59. The molecule has 1 N–H and O–H groups in total. The maximum atomic E-state index is 13.2. The molecule has 1 atom stereocenters. The number of carbonyl (C=O) groups excluding carboxylic acids is 1. The largest absolute Gasteiger partial charge is 0.481 e. The molecule has 1 unspecified atom stereocenters. The van der Waals surface area contributed by atoms with Crippen molar-refractivity contribution < 1.29 is 14.7 Å². The summed E-state index contributed by atoms with van der Waals surface area (Å²) in [6, 6.07) is 15.7. The second kappa shape index (κ2) is 11.0. The number of ketones is 1. The van der Waals surface area contributed by atoms with Gasteiger partial charge in [0.2, 0.25) is 0 Å². The van der Waals surface area contributed by atoms with E-state index in [1.165, 1.54) is 25.7 Å². The molecule has 0 saturated heterocycles. The van der Waals surface area contributed by atoms with Crippen LogP contribution in [-0.2, 0) is 11.2 Å². The maximum absolute atomic E-state index is 13.2. The van der Waals surface area contributed by atoms with E-state index in [1.807, 2.05) is 48.5 Å². The number of benzene rings is 2. The molecule has 1 saturated carbocycles. The van der Waals surface area contributed by atoms with Gasteiger partial charge >= 0.3 is 5.97 Å². The molecule has 1 fully saturated rings. The van der Waals surface area contributed by atoms with Gasteiger partial charge in [-0.1, -0.05) is 69.9 Å². The molecule has 1 heterocycles. The van der Waals surface area contributed by atoms with Crippen molar-refractivity contribution in [3.05, 3.63) is 65.5 Å². The lowest BCUT2D eigenvalue weighted by Crippen LogP contribution is -2.13. The first-order chi connectivity index (χ1) is 16.5. The molecule has 2 aromatic carbocycles. The molecular weight excluding hydrogens is 424 g/mol. The van der Waals surface area contributed by atoms with Gasteiger partial charge in [-0.3, -0.25) is 9.59 Å². The van der Waals surface area contributed by atoms with Crippen LogP contribution in [0.1, 0.15) is 98.9 Å². The number of Topliss-reactive ketones (excluding diaryl/α,β-unsaturated/α-hetero) is 1. The van der Waals surface area contributed by atoms with E-state index in [-0.39, 0.29) is 24.5 Å². The summed E-state index contributed by atoms with van der Waals surface area (Å²) in [7, 11) is 0. The lowest BCUT2D eigenvalue weighted by Gasteiger charge is -2.20. The van der Waals surface area contributed by atoms with Crippen molar-refractivity contribution in [1.29, 1.82) is 0 Å². The minimum Gasteiger partial charge on any atom is -0.481 e. The van der Waals surface area contributed by atoms with Crippen molar-refractivity contribution in [3.63, 3.8) is 0 Å². The van der Waals surface area contributed by atoms with E-state index in [4.69, 9.17) is 4.98 Å². The molecule has 1 aromatic heterocycles. The Labute approximate surface area is 202 Å². The maximum Gasteiger partial charge on any atom is 0.303 e. The fourth-order valence-electron chi connectivity index (χ4n) is 5.59. The number of imidazole rings is 1. The molecule has 5 nitrogen and oxygen atoms in total. The fraction of sp³-hybridized carbons (Fsp3) is 0.483. The zero-order valence-electron chi connectivity index (χ0n) is 20.4. The molecule has 0 spiro atoms. The Bertz CT molecular complexity index is 1120. The second-order valence-corrected chi connectivity index (χ2v) is 9.76. The van der Waals surface area contributed by atoms with Crippen molar-refractivity contribution in [2.75, 3.05) is 0 Å². The van der Waals surface area contributed by atoms with Crippen LogP contribution in [0.25, 0.3) is 11.0 Å². The van der Waals surface area contributed by atoms with Gasteiger partial charge in [0.15, 0.2) is 5.78 Å². The number of carboxylic acids is 1. The van der Waals surface area contributed by atoms with Gasteiger partial charge in [-0.25, -0.2) is 4.98 Å². The van der Waals surface area contributed by atoms with Crippen LogP contribution in [0, 0.1) is 5.92 Å². The smallest absolute Gasteiger partial charge is 0.303 e. The lowest BCUT2D eigenvalue weighted by molar-refractivity contribution is -0.137. The van der Waals surface area contributed by atoms with Gasteiger partial charge in [-0.15, -0.1) is 0 Å².